The number of nitrogens with zero attached hydrogens (tertiary/aromatic N) is 6. The van der Waals surface area contributed by atoms with Gasteiger partial charge in [0.15, 0.2) is 6.20 Å². The van der Waals surface area contributed by atoms with E-state index in [0.717, 1.165) is 57.6 Å². The van der Waals surface area contributed by atoms with Crippen molar-refractivity contribution in [3.8, 4) is 6.07 Å². The Morgan fingerprint density at radius 3 is 2.34 bits per heavy atom. The molecule has 38 heavy (non-hydrogen) atoms. The molecule has 0 aliphatic carbocycles. The molecule has 194 valence electrons. The van der Waals surface area contributed by atoms with Crippen molar-refractivity contribution in [2.24, 2.45) is 0 Å². The van der Waals surface area contributed by atoms with E-state index in [0.29, 0.717) is 17.8 Å². The lowest BCUT2D eigenvalue weighted by Gasteiger charge is -2.26. The Hall–Kier alpha value is -4.65. The van der Waals surface area contributed by atoms with Crippen LogP contribution in [0, 0.1) is 29.5 Å². The summed E-state index contributed by atoms with van der Waals surface area (Å²) in [7, 11) is 0. The first-order valence-electron chi connectivity index (χ1n) is 11.9. The number of ether oxygens (including phenoxy) is 1. The van der Waals surface area contributed by atoms with Gasteiger partial charge in [-0.3, -0.25) is 4.90 Å². The average molecular weight is 518 g/mol. The molecule has 0 saturated carbocycles. The Morgan fingerprint density at radius 1 is 1.03 bits per heavy atom. The smallest absolute Gasteiger partial charge is 0.233 e. The molecule has 2 heterocycles. The van der Waals surface area contributed by atoms with Crippen molar-refractivity contribution in [1.29, 1.82) is 5.26 Å². The highest BCUT2D eigenvalue weighted by Gasteiger charge is 2.15. The standard InChI is InChI=1S/C26H25F2N9O/c1-30-9-7-19-15-21(27)23(22(28)16-19)33-26-35-24(31-8-2-10-37-11-13-38-14-12-37)34-25(36-26)32-20-5-3-18(17-29)4-6-20/h3-7,9,15-16H,2,8,10-14H2,(H3,31,32,33,34,35,36)/b9-7+. The van der Waals surface area contributed by atoms with Crippen LogP contribution in [0.4, 0.5) is 38.0 Å². The number of nitriles is 1. The van der Waals surface area contributed by atoms with Crippen LogP contribution >= 0.6 is 0 Å². The summed E-state index contributed by atoms with van der Waals surface area (Å²) in [4.78, 5) is 18.3. The van der Waals surface area contributed by atoms with Crippen molar-refractivity contribution in [3.05, 3.63) is 76.8 Å². The first kappa shape index (κ1) is 26.4. The normalized spacial score (nSPS) is 13.6. The van der Waals surface area contributed by atoms with Gasteiger partial charge in [-0.05, 0) is 54.9 Å². The maximum atomic E-state index is 14.7. The molecule has 1 aliphatic heterocycles. The molecule has 2 aromatic carbocycles. The molecule has 1 saturated heterocycles. The minimum absolute atomic E-state index is 0.0749. The summed E-state index contributed by atoms with van der Waals surface area (Å²) in [6.45, 7) is 11.5. The molecule has 3 aromatic rings. The minimum Gasteiger partial charge on any atom is -0.379 e. The van der Waals surface area contributed by atoms with E-state index in [1.165, 1.54) is 6.08 Å². The van der Waals surface area contributed by atoms with E-state index in [1.807, 2.05) is 0 Å². The quantitative estimate of drug-likeness (QED) is 0.263. The van der Waals surface area contributed by atoms with Gasteiger partial charge in [-0.1, -0.05) is 6.08 Å². The molecule has 0 spiro atoms. The highest BCUT2D eigenvalue weighted by Crippen LogP contribution is 2.25. The summed E-state index contributed by atoms with van der Waals surface area (Å²) in [5.74, 6) is -1.44. The van der Waals surface area contributed by atoms with Crippen LogP contribution in [0.3, 0.4) is 0 Å². The second-order valence-electron chi connectivity index (χ2n) is 8.28. The number of halogens is 2. The minimum atomic E-state index is -0.864. The fourth-order valence-corrected chi connectivity index (χ4v) is 3.70. The number of rotatable bonds is 10. The van der Waals surface area contributed by atoms with Gasteiger partial charge in [-0.15, -0.1) is 0 Å². The number of nitrogens with one attached hydrogen (secondary N) is 3. The largest absolute Gasteiger partial charge is 0.379 e. The molecular weight excluding hydrogens is 492 g/mol. The van der Waals surface area contributed by atoms with Crippen LogP contribution in [-0.4, -0.2) is 59.2 Å². The topological polar surface area (TPSA) is 115 Å². The predicted molar refractivity (Wildman–Crippen MR) is 140 cm³/mol. The van der Waals surface area contributed by atoms with Gasteiger partial charge in [0, 0.05) is 25.3 Å². The highest BCUT2D eigenvalue weighted by molar-refractivity contribution is 5.63. The van der Waals surface area contributed by atoms with E-state index >= 15 is 0 Å². The molecule has 0 bridgehead atoms. The lowest BCUT2D eigenvalue weighted by Crippen LogP contribution is -2.37. The van der Waals surface area contributed by atoms with Crippen LogP contribution in [0.5, 0.6) is 0 Å². The molecule has 1 fully saturated rings. The van der Waals surface area contributed by atoms with Crippen molar-refractivity contribution >= 4 is 35.3 Å². The van der Waals surface area contributed by atoms with Gasteiger partial charge in [-0.2, -0.15) is 20.2 Å². The molecule has 0 radical (unpaired) electrons. The zero-order chi connectivity index (χ0) is 26.7. The SMILES string of the molecule is [C-]#[N+]/C=C/c1cc(F)c(Nc2nc(NCCCN3CCOCC3)nc(Nc3ccc(C#N)cc3)n2)c(F)c1. The molecule has 10 nitrogen and oxygen atoms in total. The molecule has 1 aromatic heterocycles. The van der Waals surface area contributed by atoms with E-state index in [-0.39, 0.29) is 23.4 Å². The Balaban J connectivity index is 1.53. The summed E-state index contributed by atoms with van der Waals surface area (Å²) in [6, 6.07) is 10.9. The summed E-state index contributed by atoms with van der Waals surface area (Å²) in [6.07, 6.45) is 3.26. The summed E-state index contributed by atoms with van der Waals surface area (Å²) >= 11 is 0. The molecular formula is C26H25F2N9O. The van der Waals surface area contributed by atoms with Gasteiger partial charge in [0.1, 0.15) is 17.3 Å². The van der Waals surface area contributed by atoms with Gasteiger partial charge in [-0.25, -0.2) is 13.6 Å². The molecule has 1 aliphatic rings. The second-order valence-corrected chi connectivity index (χ2v) is 8.28. The van der Waals surface area contributed by atoms with E-state index < -0.39 is 17.3 Å². The molecule has 12 heteroatoms. The van der Waals surface area contributed by atoms with Crippen LogP contribution < -0.4 is 16.0 Å². The van der Waals surface area contributed by atoms with E-state index in [2.05, 4.69) is 46.7 Å². The Labute approximate surface area is 218 Å². The van der Waals surface area contributed by atoms with E-state index in [4.69, 9.17) is 16.6 Å². The number of hydrogen-bond acceptors (Lipinski definition) is 9. The fourth-order valence-electron chi connectivity index (χ4n) is 3.70. The number of benzene rings is 2. The zero-order valence-electron chi connectivity index (χ0n) is 20.4. The van der Waals surface area contributed by atoms with E-state index in [9.17, 15) is 8.78 Å². The van der Waals surface area contributed by atoms with Crippen molar-refractivity contribution in [2.75, 3.05) is 55.3 Å². The summed E-state index contributed by atoms with van der Waals surface area (Å²) < 4.78 is 34.8. The first-order chi connectivity index (χ1) is 18.5. The Kier molecular flexibility index (Phi) is 9.07. The van der Waals surface area contributed by atoms with Gasteiger partial charge in [0.25, 0.3) is 0 Å². The van der Waals surface area contributed by atoms with Gasteiger partial charge in [0.05, 0.1) is 31.4 Å². The molecule has 0 unspecified atom stereocenters. The van der Waals surface area contributed by atoms with Gasteiger partial charge < -0.3 is 20.7 Å². The van der Waals surface area contributed by atoms with Crippen LogP contribution in [0.25, 0.3) is 10.9 Å². The maximum Gasteiger partial charge on any atom is 0.233 e. The highest BCUT2D eigenvalue weighted by atomic mass is 19.1. The third kappa shape index (κ3) is 7.43. The van der Waals surface area contributed by atoms with Crippen LogP contribution in [0.1, 0.15) is 17.5 Å². The number of aromatic nitrogens is 3. The molecule has 4 rings (SSSR count). The zero-order valence-corrected chi connectivity index (χ0v) is 20.4. The molecule has 0 atom stereocenters. The second kappa shape index (κ2) is 13.1. The van der Waals surface area contributed by atoms with Crippen molar-refractivity contribution < 1.29 is 13.5 Å². The predicted octanol–water partition coefficient (Wildman–Crippen LogP) is 4.53. The van der Waals surface area contributed by atoms with Crippen LogP contribution in [0.2, 0.25) is 0 Å². The van der Waals surface area contributed by atoms with Crippen molar-refractivity contribution in [3.63, 3.8) is 0 Å². The number of hydrogen-bond donors (Lipinski definition) is 3. The third-order valence-corrected chi connectivity index (χ3v) is 5.59. The van der Waals surface area contributed by atoms with E-state index in [1.54, 1.807) is 24.3 Å². The van der Waals surface area contributed by atoms with Gasteiger partial charge in [0.2, 0.25) is 17.8 Å². The number of anilines is 5. The number of morpholine rings is 1. The maximum absolute atomic E-state index is 14.7. The fraction of sp³-hybridized carbons (Fsp3) is 0.269. The lowest BCUT2D eigenvalue weighted by molar-refractivity contribution is 0.0378. The van der Waals surface area contributed by atoms with Crippen molar-refractivity contribution in [2.45, 2.75) is 6.42 Å². The molecule has 0 amide bonds. The van der Waals surface area contributed by atoms with Crippen molar-refractivity contribution in [1.82, 2.24) is 19.9 Å². The first-order valence-corrected chi connectivity index (χ1v) is 11.9. The molecule has 3 N–H and O–H groups in total. The van der Waals surface area contributed by atoms with Crippen LogP contribution in [0.15, 0.2) is 42.6 Å². The average Bonchev–Trinajstić information content (AvgIpc) is 2.93. The third-order valence-electron chi connectivity index (χ3n) is 5.59. The lowest BCUT2D eigenvalue weighted by atomic mass is 10.2. The van der Waals surface area contributed by atoms with Gasteiger partial charge >= 0.3 is 0 Å². The Morgan fingerprint density at radius 2 is 1.68 bits per heavy atom. The summed E-state index contributed by atoms with van der Waals surface area (Å²) in [5, 5.41) is 17.8. The Bertz CT molecular complexity index is 1340. The monoisotopic (exact) mass is 517 g/mol. The summed E-state index contributed by atoms with van der Waals surface area (Å²) in [5.41, 5.74) is 0.895. The van der Waals surface area contributed by atoms with Crippen LogP contribution in [-0.2, 0) is 4.74 Å².